The summed E-state index contributed by atoms with van der Waals surface area (Å²) in [6.45, 7) is 0. The van der Waals surface area contributed by atoms with Gasteiger partial charge in [-0.05, 0) is 54.8 Å². The fraction of sp³-hybridized carbons (Fsp3) is 0.150. The van der Waals surface area contributed by atoms with Gasteiger partial charge in [-0.3, -0.25) is 4.72 Å². The van der Waals surface area contributed by atoms with Gasteiger partial charge in [0.1, 0.15) is 11.6 Å². The van der Waals surface area contributed by atoms with E-state index in [-0.39, 0.29) is 17.4 Å². The van der Waals surface area contributed by atoms with Gasteiger partial charge in [-0.15, -0.1) is 0 Å². The third kappa shape index (κ3) is 6.07. The topological polar surface area (TPSA) is 71.1 Å². The molecule has 3 rings (SSSR count). The molecule has 1 aromatic heterocycles. The average Bonchev–Trinajstić information content (AvgIpc) is 2.66. The van der Waals surface area contributed by atoms with E-state index < -0.39 is 10.0 Å². The number of aromatic nitrogens is 1. The molecule has 0 aliphatic rings. The second-order valence-electron chi connectivity index (χ2n) is 6.07. The Balaban J connectivity index is 1.52. The molecule has 2 N–H and O–H groups in total. The summed E-state index contributed by atoms with van der Waals surface area (Å²) in [5.41, 5.74) is 2.50. The summed E-state index contributed by atoms with van der Waals surface area (Å²) in [5, 5.41) is 3.07. The summed E-state index contributed by atoms with van der Waals surface area (Å²) in [7, 11) is -3.46. The van der Waals surface area contributed by atoms with E-state index in [0.717, 1.165) is 5.56 Å². The molecule has 2 aromatic carbocycles. The summed E-state index contributed by atoms with van der Waals surface area (Å²) < 4.78 is 39.8. The molecule has 0 bridgehead atoms. The van der Waals surface area contributed by atoms with Crippen molar-refractivity contribution in [3.8, 4) is 0 Å². The van der Waals surface area contributed by atoms with Gasteiger partial charge in [-0.2, -0.15) is 0 Å². The van der Waals surface area contributed by atoms with Crippen molar-refractivity contribution in [1.29, 1.82) is 0 Å². The lowest BCUT2D eigenvalue weighted by molar-refractivity contribution is 0.598. The Morgan fingerprint density at radius 3 is 2.26 bits per heavy atom. The zero-order chi connectivity index (χ0) is 19.1. The lowest BCUT2D eigenvalue weighted by Gasteiger charge is -2.09. The second-order valence-corrected chi connectivity index (χ2v) is 7.92. The molecule has 7 heteroatoms. The molecule has 0 aliphatic carbocycles. The number of nitrogens with zero attached hydrogens (tertiary/aromatic N) is 1. The zero-order valence-corrected chi connectivity index (χ0v) is 15.4. The maximum Gasteiger partial charge on any atom is 0.233 e. The maximum atomic E-state index is 12.9. The quantitative estimate of drug-likeness (QED) is 0.605. The van der Waals surface area contributed by atoms with E-state index in [2.05, 4.69) is 15.0 Å². The lowest BCUT2D eigenvalue weighted by Crippen LogP contribution is -2.17. The van der Waals surface area contributed by atoms with E-state index in [1.54, 1.807) is 24.3 Å². The van der Waals surface area contributed by atoms with Crippen molar-refractivity contribution in [3.63, 3.8) is 0 Å². The Kier molecular flexibility index (Phi) is 6.03. The van der Waals surface area contributed by atoms with Crippen LogP contribution in [0.4, 0.5) is 21.6 Å². The van der Waals surface area contributed by atoms with Gasteiger partial charge in [0.15, 0.2) is 0 Å². The fourth-order valence-electron chi connectivity index (χ4n) is 2.55. The first-order valence-electron chi connectivity index (χ1n) is 8.53. The summed E-state index contributed by atoms with van der Waals surface area (Å²) in [4.78, 5) is 4.12. The van der Waals surface area contributed by atoms with Crippen LogP contribution >= 0.6 is 0 Å². The zero-order valence-electron chi connectivity index (χ0n) is 14.6. The van der Waals surface area contributed by atoms with E-state index in [1.807, 2.05) is 30.3 Å². The lowest BCUT2D eigenvalue weighted by atomic mass is 10.1. The predicted octanol–water partition coefficient (Wildman–Crippen LogP) is 4.34. The van der Waals surface area contributed by atoms with Gasteiger partial charge in [-0.25, -0.2) is 17.8 Å². The van der Waals surface area contributed by atoms with Crippen LogP contribution in [0.15, 0.2) is 72.9 Å². The van der Waals surface area contributed by atoms with Crippen LogP contribution in [0, 0.1) is 5.82 Å². The van der Waals surface area contributed by atoms with Gasteiger partial charge in [0.25, 0.3) is 0 Å². The minimum atomic E-state index is -3.46. The van der Waals surface area contributed by atoms with Crippen molar-refractivity contribution < 1.29 is 12.8 Å². The first-order chi connectivity index (χ1) is 13.0. The fourth-order valence-corrected chi connectivity index (χ4v) is 3.62. The van der Waals surface area contributed by atoms with Crippen LogP contribution in [0.5, 0.6) is 0 Å². The molecule has 0 atom stereocenters. The average molecular weight is 385 g/mol. The Hall–Kier alpha value is -2.93. The van der Waals surface area contributed by atoms with Crippen molar-refractivity contribution in [2.24, 2.45) is 0 Å². The first kappa shape index (κ1) is 18.8. The van der Waals surface area contributed by atoms with Gasteiger partial charge < -0.3 is 5.32 Å². The molecular weight excluding hydrogens is 365 g/mol. The number of anilines is 3. The Morgan fingerprint density at radius 2 is 1.59 bits per heavy atom. The van der Waals surface area contributed by atoms with Crippen molar-refractivity contribution in [2.75, 3.05) is 15.8 Å². The van der Waals surface area contributed by atoms with Gasteiger partial charge >= 0.3 is 0 Å². The Bertz CT molecular complexity index is 960. The number of pyridine rings is 1. The SMILES string of the molecule is O=S(=O)(CCCc1ccccc1)Nc1ccc(Nc2ccc(F)cc2)cn1. The minimum Gasteiger partial charge on any atom is -0.354 e. The van der Waals surface area contributed by atoms with Crippen LogP contribution in [0.1, 0.15) is 12.0 Å². The monoisotopic (exact) mass is 385 g/mol. The van der Waals surface area contributed by atoms with Crippen molar-refractivity contribution >= 4 is 27.2 Å². The van der Waals surface area contributed by atoms with Gasteiger partial charge in [0.05, 0.1) is 17.6 Å². The summed E-state index contributed by atoms with van der Waals surface area (Å²) in [5.74, 6) is -0.0193. The molecule has 0 aliphatic heterocycles. The molecule has 1 heterocycles. The highest BCUT2D eigenvalue weighted by molar-refractivity contribution is 7.92. The number of halogens is 1. The standard InChI is InChI=1S/C20H20FN3O2S/c21-17-8-10-18(11-9-17)23-19-12-13-20(22-15-19)24-27(25,26)14-4-7-16-5-2-1-3-6-16/h1-3,5-6,8-13,15,23H,4,7,14H2,(H,22,24). The van der Waals surface area contributed by atoms with Crippen molar-refractivity contribution in [1.82, 2.24) is 4.98 Å². The normalized spacial score (nSPS) is 11.1. The number of rotatable bonds is 8. The molecule has 27 heavy (non-hydrogen) atoms. The Labute approximate surface area is 158 Å². The smallest absolute Gasteiger partial charge is 0.233 e. The molecule has 5 nitrogen and oxygen atoms in total. The number of sulfonamides is 1. The van der Waals surface area contributed by atoms with Crippen LogP contribution < -0.4 is 10.0 Å². The van der Waals surface area contributed by atoms with Crippen LogP contribution in [-0.4, -0.2) is 19.2 Å². The molecule has 0 spiro atoms. The predicted molar refractivity (Wildman–Crippen MR) is 106 cm³/mol. The summed E-state index contributed by atoms with van der Waals surface area (Å²) >= 11 is 0. The molecule has 0 saturated carbocycles. The van der Waals surface area contributed by atoms with E-state index >= 15 is 0 Å². The number of nitrogens with one attached hydrogen (secondary N) is 2. The third-order valence-electron chi connectivity index (χ3n) is 3.88. The maximum absolute atomic E-state index is 12.9. The molecule has 0 saturated heterocycles. The highest BCUT2D eigenvalue weighted by atomic mass is 32.2. The highest BCUT2D eigenvalue weighted by Gasteiger charge is 2.11. The largest absolute Gasteiger partial charge is 0.354 e. The van der Waals surface area contributed by atoms with E-state index in [4.69, 9.17) is 0 Å². The van der Waals surface area contributed by atoms with Crippen LogP contribution in [0.25, 0.3) is 0 Å². The summed E-state index contributed by atoms with van der Waals surface area (Å²) in [6, 6.07) is 19.0. The van der Waals surface area contributed by atoms with E-state index in [1.165, 1.54) is 18.3 Å². The van der Waals surface area contributed by atoms with Crippen molar-refractivity contribution in [3.05, 3.63) is 84.3 Å². The highest BCUT2D eigenvalue weighted by Crippen LogP contribution is 2.18. The number of hydrogen-bond donors (Lipinski definition) is 2. The first-order valence-corrected chi connectivity index (χ1v) is 10.2. The molecule has 0 amide bonds. The van der Waals surface area contributed by atoms with Crippen LogP contribution in [-0.2, 0) is 16.4 Å². The second kappa shape index (κ2) is 8.64. The van der Waals surface area contributed by atoms with Gasteiger partial charge in [-0.1, -0.05) is 30.3 Å². The molecule has 3 aromatic rings. The Morgan fingerprint density at radius 1 is 0.889 bits per heavy atom. The molecule has 0 radical (unpaired) electrons. The van der Waals surface area contributed by atoms with Crippen molar-refractivity contribution in [2.45, 2.75) is 12.8 Å². The van der Waals surface area contributed by atoms with Crippen LogP contribution in [0.2, 0.25) is 0 Å². The summed E-state index contributed by atoms with van der Waals surface area (Å²) in [6.07, 6.45) is 2.75. The number of aryl methyl sites for hydroxylation is 1. The van der Waals surface area contributed by atoms with E-state index in [0.29, 0.717) is 24.2 Å². The molecule has 140 valence electrons. The molecular formula is C20H20FN3O2S. The van der Waals surface area contributed by atoms with Gasteiger partial charge in [0.2, 0.25) is 10.0 Å². The number of benzene rings is 2. The minimum absolute atomic E-state index is 0.0269. The molecule has 0 fully saturated rings. The van der Waals surface area contributed by atoms with Gasteiger partial charge in [0, 0.05) is 5.69 Å². The van der Waals surface area contributed by atoms with E-state index in [9.17, 15) is 12.8 Å². The number of hydrogen-bond acceptors (Lipinski definition) is 4. The van der Waals surface area contributed by atoms with Crippen LogP contribution in [0.3, 0.4) is 0 Å². The molecule has 0 unspecified atom stereocenters. The third-order valence-corrected chi connectivity index (χ3v) is 5.22.